The molecule has 0 spiro atoms. The van der Waals surface area contributed by atoms with Crippen molar-refractivity contribution in [2.24, 2.45) is 5.73 Å². The van der Waals surface area contributed by atoms with Crippen molar-refractivity contribution in [3.05, 3.63) is 30.3 Å². The molecule has 0 atom stereocenters. The number of primary amides is 1. The summed E-state index contributed by atoms with van der Waals surface area (Å²) >= 11 is 0. The molecular weight excluding hydrogens is 280 g/mol. The second-order valence-electron chi connectivity index (χ2n) is 3.46. The van der Waals surface area contributed by atoms with Gasteiger partial charge in [0, 0.05) is 0 Å². The quantitative estimate of drug-likeness (QED) is 0.868. The Bertz CT molecular complexity index is 439. The van der Waals surface area contributed by atoms with Crippen LogP contribution in [0.5, 0.6) is 5.75 Å². The molecule has 0 aliphatic rings. The van der Waals surface area contributed by atoms with Crippen LogP contribution in [0.1, 0.15) is 0 Å². The fourth-order valence-corrected chi connectivity index (χ4v) is 1.27. The SMILES string of the molecule is NC(=O)C(Oc1ccccc1)(C(F)(F)F)C(F)(F)F. The van der Waals surface area contributed by atoms with Gasteiger partial charge in [-0.25, -0.2) is 0 Å². The Hall–Kier alpha value is -1.93. The Labute approximate surface area is 102 Å². The maximum absolute atomic E-state index is 12.7. The van der Waals surface area contributed by atoms with Crippen LogP contribution < -0.4 is 10.5 Å². The fraction of sp³-hybridized carbons (Fsp3) is 0.300. The number of carbonyl (C=O) groups is 1. The number of ether oxygens (including phenoxy) is 1. The summed E-state index contributed by atoms with van der Waals surface area (Å²) in [4.78, 5) is 10.8. The van der Waals surface area contributed by atoms with Crippen LogP contribution in [0.15, 0.2) is 30.3 Å². The summed E-state index contributed by atoms with van der Waals surface area (Å²) in [5.41, 5.74) is -0.794. The number of carbonyl (C=O) groups excluding carboxylic acids is 1. The lowest BCUT2D eigenvalue weighted by molar-refractivity contribution is -0.339. The molecule has 0 saturated carbocycles. The van der Waals surface area contributed by atoms with Crippen molar-refractivity contribution in [1.29, 1.82) is 0 Å². The van der Waals surface area contributed by atoms with E-state index in [4.69, 9.17) is 0 Å². The number of hydrogen-bond acceptors (Lipinski definition) is 2. The largest absolute Gasteiger partial charge is 0.461 e. The van der Waals surface area contributed by atoms with Crippen molar-refractivity contribution >= 4 is 5.91 Å². The third-order valence-corrected chi connectivity index (χ3v) is 2.16. The summed E-state index contributed by atoms with van der Waals surface area (Å²) in [5.74, 6) is -3.47. The van der Waals surface area contributed by atoms with Crippen LogP contribution in [0, 0.1) is 0 Å². The summed E-state index contributed by atoms with van der Waals surface area (Å²) < 4.78 is 79.8. The maximum atomic E-state index is 12.7. The molecule has 0 radical (unpaired) electrons. The van der Waals surface area contributed by atoms with Gasteiger partial charge in [-0.3, -0.25) is 4.79 Å². The minimum absolute atomic E-state index is 0.782. The number of hydrogen-bond donors (Lipinski definition) is 1. The second kappa shape index (κ2) is 4.63. The molecule has 0 unspecified atom stereocenters. The third kappa shape index (κ3) is 2.59. The van der Waals surface area contributed by atoms with Crippen molar-refractivity contribution in [2.75, 3.05) is 0 Å². The fourth-order valence-electron chi connectivity index (χ4n) is 1.27. The van der Waals surface area contributed by atoms with Crippen LogP contribution in [0.2, 0.25) is 0 Å². The first-order valence-electron chi connectivity index (χ1n) is 4.70. The lowest BCUT2D eigenvalue weighted by Gasteiger charge is -2.34. The first-order chi connectivity index (χ1) is 8.52. The van der Waals surface area contributed by atoms with Gasteiger partial charge in [0.2, 0.25) is 0 Å². The average molecular weight is 287 g/mol. The first kappa shape index (κ1) is 15.1. The van der Waals surface area contributed by atoms with Crippen LogP contribution in [-0.2, 0) is 4.79 Å². The molecule has 0 aliphatic heterocycles. The van der Waals surface area contributed by atoms with Crippen molar-refractivity contribution in [3.8, 4) is 5.75 Å². The van der Waals surface area contributed by atoms with E-state index in [1.165, 1.54) is 6.07 Å². The van der Waals surface area contributed by atoms with Gasteiger partial charge in [0.05, 0.1) is 0 Å². The lowest BCUT2D eigenvalue weighted by atomic mass is 10.0. The van der Waals surface area contributed by atoms with Gasteiger partial charge in [-0.05, 0) is 12.1 Å². The number of alkyl halides is 6. The molecule has 1 rings (SSSR count). The molecule has 0 aromatic heterocycles. The Balaban J connectivity index is 3.38. The standard InChI is InChI=1S/C10H7F6NO2/c11-9(12,13)8(7(17)18,10(14,15)16)19-6-4-2-1-3-5-6/h1-5H,(H2,17,18). The minimum atomic E-state index is -6.05. The second-order valence-corrected chi connectivity index (χ2v) is 3.46. The van der Waals surface area contributed by atoms with Gasteiger partial charge in [-0.2, -0.15) is 26.3 Å². The van der Waals surface area contributed by atoms with E-state index < -0.39 is 29.6 Å². The number of halogens is 6. The van der Waals surface area contributed by atoms with E-state index >= 15 is 0 Å². The Kier molecular flexibility index (Phi) is 3.69. The van der Waals surface area contributed by atoms with E-state index in [2.05, 4.69) is 10.5 Å². The van der Waals surface area contributed by atoms with E-state index in [0.717, 1.165) is 24.3 Å². The Morgan fingerprint density at radius 1 is 0.947 bits per heavy atom. The number of para-hydroxylation sites is 1. The zero-order valence-electron chi connectivity index (χ0n) is 9.05. The first-order valence-corrected chi connectivity index (χ1v) is 4.70. The van der Waals surface area contributed by atoms with Crippen LogP contribution in [0.4, 0.5) is 26.3 Å². The molecule has 0 aliphatic carbocycles. The molecule has 9 heteroatoms. The summed E-state index contributed by atoms with van der Waals surface area (Å²) in [6.07, 6.45) is -12.1. The molecule has 1 amide bonds. The Morgan fingerprint density at radius 3 is 1.68 bits per heavy atom. The highest BCUT2D eigenvalue weighted by molar-refractivity contribution is 5.86. The van der Waals surface area contributed by atoms with Crippen LogP contribution in [0.3, 0.4) is 0 Å². The molecule has 0 heterocycles. The molecule has 1 aromatic carbocycles. The molecule has 0 saturated heterocycles. The number of nitrogens with two attached hydrogens (primary N) is 1. The summed E-state index contributed by atoms with van der Waals surface area (Å²) in [6, 6.07) is 5.33. The van der Waals surface area contributed by atoms with Gasteiger partial charge in [0.15, 0.2) is 0 Å². The van der Waals surface area contributed by atoms with E-state index in [1.807, 2.05) is 0 Å². The summed E-state index contributed by atoms with van der Waals surface area (Å²) in [6.45, 7) is 0. The summed E-state index contributed by atoms with van der Waals surface area (Å²) in [7, 11) is 0. The predicted molar refractivity (Wildman–Crippen MR) is 51.1 cm³/mol. The van der Waals surface area contributed by atoms with Crippen molar-refractivity contribution in [3.63, 3.8) is 0 Å². The smallest absolute Gasteiger partial charge is 0.447 e. The van der Waals surface area contributed by atoms with Gasteiger partial charge < -0.3 is 10.5 Å². The van der Waals surface area contributed by atoms with E-state index in [9.17, 15) is 31.1 Å². The molecular formula is C10H7F6NO2. The van der Waals surface area contributed by atoms with Crippen molar-refractivity contribution < 1.29 is 35.9 Å². The highest BCUT2D eigenvalue weighted by Crippen LogP contribution is 2.45. The zero-order chi connectivity index (χ0) is 14.9. The maximum Gasteiger partial charge on any atom is 0.447 e. The average Bonchev–Trinajstić information content (AvgIpc) is 2.23. The molecule has 0 bridgehead atoms. The third-order valence-electron chi connectivity index (χ3n) is 2.16. The van der Waals surface area contributed by atoms with Gasteiger partial charge in [0.25, 0.3) is 5.91 Å². The molecule has 1 aromatic rings. The molecule has 3 nitrogen and oxygen atoms in total. The Morgan fingerprint density at radius 2 is 1.37 bits per heavy atom. The number of rotatable bonds is 3. The van der Waals surface area contributed by atoms with Crippen LogP contribution in [0.25, 0.3) is 0 Å². The van der Waals surface area contributed by atoms with Crippen molar-refractivity contribution in [2.45, 2.75) is 18.0 Å². The zero-order valence-corrected chi connectivity index (χ0v) is 9.05. The van der Waals surface area contributed by atoms with Gasteiger partial charge >= 0.3 is 18.0 Å². The van der Waals surface area contributed by atoms with Crippen molar-refractivity contribution in [1.82, 2.24) is 0 Å². The minimum Gasteiger partial charge on any atom is -0.461 e. The van der Waals surface area contributed by atoms with Gasteiger partial charge in [-0.15, -0.1) is 0 Å². The van der Waals surface area contributed by atoms with Crippen LogP contribution in [-0.4, -0.2) is 23.9 Å². The highest BCUT2D eigenvalue weighted by Gasteiger charge is 2.78. The summed E-state index contributed by atoms with van der Waals surface area (Å²) in [5, 5.41) is 0. The van der Waals surface area contributed by atoms with Gasteiger partial charge in [0.1, 0.15) is 5.75 Å². The topological polar surface area (TPSA) is 52.3 Å². The number of benzene rings is 1. The normalized spacial score (nSPS) is 13.2. The van der Waals surface area contributed by atoms with E-state index in [0.29, 0.717) is 0 Å². The number of amides is 1. The molecule has 106 valence electrons. The monoisotopic (exact) mass is 287 g/mol. The molecule has 19 heavy (non-hydrogen) atoms. The molecule has 0 fully saturated rings. The lowest BCUT2D eigenvalue weighted by Crippen LogP contribution is -2.68. The molecule has 2 N–H and O–H groups in total. The van der Waals surface area contributed by atoms with E-state index in [1.54, 1.807) is 0 Å². The van der Waals surface area contributed by atoms with Gasteiger partial charge in [-0.1, -0.05) is 18.2 Å². The predicted octanol–water partition coefficient (Wildman–Crippen LogP) is 2.41. The van der Waals surface area contributed by atoms with E-state index in [-0.39, 0.29) is 0 Å². The van der Waals surface area contributed by atoms with Crippen LogP contribution >= 0.6 is 0 Å². The highest BCUT2D eigenvalue weighted by atomic mass is 19.4.